The molecule has 1 aromatic heterocycles. The van der Waals surface area contributed by atoms with Crippen LogP contribution in [0, 0.1) is 0 Å². The van der Waals surface area contributed by atoms with Crippen molar-refractivity contribution in [1.82, 2.24) is 15.0 Å². The van der Waals surface area contributed by atoms with Crippen molar-refractivity contribution in [2.24, 2.45) is 0 Å². The van der Waals surface area contributed by atoms with Crippen LogP contribution in [0.2, 0.25) is 10.0 Å². The first-order chi connectivity index (χ1) is 14.1. The van der Waals surface area contributed by atoms with Crippen molar-refractivity contribution in [3.05, 3.63) is 76.1 Å². The van der Waals surface area contributed by atoms with Gasteiger partial charge in [-0.2, -0.15) is 4.98 Å². The number of carbonyl (C=O) groups is 1. The minimum atomic E-state index is -0.0178. The van der Waals surface area contributed by atoms with Crippen LogP contribution in [-0.2, 0) is 4.79 Å². The van der Waals surface area contributed by atoms with Gasteiger partial charge in [-0.1, -0.05) is 46.6 Å². The Morgan fingerprint density at radius 2 is 1.79 bits per heavy atom. The molecule has 0 saturated carbocycles. The Hall–Kier alpha value is -2.63. The molecule has 3 aromatic rings. The Balaban J connectivity index is 1.35. The number of halogens is 2. The molecule has 0 bridgehead atoms. The quantitative estimate of drug-likeness (QED) is 0.518. The van der Waals surface area contributed by atoms with E-state index >= 15 is 0 Å². The number of rotatable bonds is 4. The molecule has 29 heavy (non-hydrogen) atoms. The van der Waals surface area contributed by atoms with Gasteiger partial charge in [-0.25, -0.2) is 0 Å². The average molecular weight is 428 g/mol. The summed E-state index contributed by atoms with van der Waals surface area (Å²) in [6, 6.07) is 14.8. The summed E-state index contributed by atoms with van der Waals surface area (Å²) < 4.78 is 5.48. The number of nitrogens with zero attached hydrogens (tertiary/aromatic N) is 3. The molecule has 0 N–H and O–H groups in total. The average Bonchev–Trinajstić information content (AvgIpc) is 3.24. The van der Waals surface area contributed by atoms with Crippen LogP contribution in [0.15, 0.2) is 59.1 Å². The summed E-state index contributed by atoms with van der Waals surface area (Å²) in [6.45, 7) is 1.30. The van der Waals surface area contributed by atoms with Gasteiger partial charge >= 0.3 is 0 Å². The highest BCUT2D eigenvalue weighted by Crippen LogP contribution is 2.29. The Kier molecular flexibility index (Phi) is 5.97. The van der Waals surface area contributed by atoms with Crippen LogP contribution < -0.4 is 0 Å². The van der Waals surface area contributed by atoms with E-state index < -0.39 is 0 Å². The van der Waals surface area contributed by atoms with Crippen molar-refractivity contribution in [2.45, 2.75) is 18.8 Å². The fraction of sp³-hybridized carbons (Fsp3) is 0.227. The zero-order chi connectivity index (χ0) is 20.2. The number of likely N-dealkylation sites (tertiary alicyclic amines) is 1. The Labute approximate surface area is 178 Å². The van der Waals surface area contributed by atoms with Crippen LogP contribution in [0.4, 0.5) is 0 Å². The van der Waals surface area contributed by atoms with Crippen LogP contribution >= 0.6 is 23.2 Å². The van der Waals surface area contributed by atoms with Gasteiger partial charge in [0, 0.05) is 40.7 Å². The second-order valence-electron chi connectivity index (χ2n) is 6.92. The van der Waals surface area contributed by atoms with Crippen molar-refractivity contribution in [3.63, 3.8) is 0 Å². The Bertz CT molecular complexity index is 1020. The van der Waals surface area contributed by atoms with Crippen molar-refractivity contribution < 1.29 is 9.32 Å². The van der Waals surface area contributed by atoms with E-state index in [0.29, 0.717) is 34.8 Å². The first-order valence-corrected chi connectivity index (χ1v) is 10.2. The van der Waals surface area contributed by atoms with Gasteiger partial charge in [0.2, 0.25) is 17.6 Å². The second-order valence-corrected chi connectivity index (χ2v) is 7.76. The summed E-state index contributed by atoms with van der Waals surface area (Å²) in [7, 11) is 0. The fourth-order valence-corrected chi connectivity index (χ4v) is 3.67. The van der Waals surface area contributed by atoms with Crippen LogP contribution in [0.3, 0.4) is 0 Å². The normalized spacial score (nSPS) is 15.2. The molecule has 1 amide bonds. The van der Waals surface area contributed by atoms with E-state index in [1.807, 2.05) is 35.2 Å². The lowest BCUT2D eigenvalue weighted by atomic mass is 9.96. The van der Waals surface area contributed by atoms with Crippen LogP contribution in [0.5, 0.6) is 0 Å². The van der Waals surface area contributed by atoms with E-state index in [9.17, 15) is 4.79 Å². The largest absolute Gasteiger partial charge is 0.339 e. The van der Waals surface area contributed by atoms with Crippen LogP contribution in [0.25, 0.3) is 17.5 Å². The minimum absolute atomic E-state index is 0.0178. The lowest BCUT2D eigenvalue weighted by molar-refractivity contribution is -0.127. The lowest BCUT2D eigenvalue weighted by Gasteiger charge is -2.29. The molecule has 2 heterocycles. The first kappa shape index (κ1) is 19.7. The SMILES string of the molecule is O=C(/C=C/c1ccccc1Cl)N1CCC(c2nc(-c3ccc(Cl)cc3)no2)CC1. The molecule has 1 fully saturated rings. The highest BCUT2D eigenvalue weighted by atomic mass is 35.5. The molecular formula is C22H19Cl2N3O2. The van der Waals surface area contributed by atoms with Gasteiger partial charge in [0.1, 0.15) is 0 Å². The van der Waals surface area contributed by atoms with Crippen molar-refractivity contribution >= 4 is 35.2 Å². The molecule has 2 aromatic carbocycles. The van der Waals surface area contributed by atoms with E-state index in [0.717, 1.165) is 24.0 Å². The summed E-state index contributed by atoms with van der Waals surface area (Å²) >= 11 is 12.1. The van der Waals surface area contributed by atoms with Gasteiger partial charge in [0.05, 0.1) is 0 Å². The van der Waals surface area contributed by atoms with E-state index in [-0.39, 0.29) is 11.8 Å². The maximum atomic E-state index is 12.5. The van der Waals surface area contributed by atoms with Crippen molar-refractivity contribution in [2.75, 3.05) is 13.1 Å². The van der Waals surface area contributed by atoms with E-state index in [2.05, 4.69) is 10.1 Å². The highest BCUT2D eigenvalue weighted by molar-refractivity contribution is 6.32. The van der Waals surface area contributed by atoms with E-state index in [1.54, 1.807) is 30.4 Å². The zero-order valence-electron chi connectivity index (χ0n) is 15.6. The number of piperidine rings is 1. The van der Waals surface area contributed by atoms with Gasteiger partial charge in [-0.3, -0.25) is 4.79 Å². The maximum Gasteiger partial charge on any atom is 0.246 e. The number of aromatic nitrogens is 2. The smallest absolute Gasteiger partial charge is 0.246 e. The zero-order valence-corrected chi connectivity index (χ0v) is 17.1. The van der Waals surface area contributed by atoms with Crippen molar-refractivity contribution in [1.29, 1.82) is 0 Å². The molecule has 0 aliphatic carbocycles. The number of amides is 1. The van der Waals surface area contributed by atoms with Crippen molar-refractivity contribution in [3.8, 4) is 11.4 Å². The standard InChI is InChI=1S/C22H19Cl2N3O2/c23-18-8-5-16(6-9-18)21-25-22(29-26-21)17-11-13-27(14-12-17)20(28)10-7-15-3-1-2-4-19(15)24/h1-10,17H,11-14H2/b10-7+. The molecule has 0 spiro atoms. The molecule has 5 nitrogen and oxygen atoms in total. The van der Waals surface area contributed by atoms with E-state index in [1.165, 1.54) is 0 Å². The Morgan fingerprint density at radius 3 is 2.52 bits per heavy atom. The molecule has 0 unspecified atom stereocenters. The number of hydrogen-bond donors (Lipinski definition) is 0. The molecule has 7 heteroatoms. The maximum absolute atomic E-state index is 12.5. The van der Waals surface area contributed by atoms with Gasteiger partial charge in [-0.15, -0.1) is 0 Å². The number of hydrogen-bond acceptors (Lipinski definition) is 4. The molecular weight excluding hydrogens is 409 g/mol. The summed E-state index contributed by atoms with van der Waals surface area (Å²) in [5.41, 5.74) is 1.69. The van der Waals surface area contributed by atoms with Gasteiger partial charge < -0.3 is 9.42 Å². The van der Waals surface area contributed by atoms with Crippen LogP contribution in [0.1, 0.15) is 30.2 Å². The van der Waals surface area contributed by atoms with Gasteiger partial charge in [0.25, 0.3) is 0 Å². The molecule has 4 rings (SSSR count). The highest BCUT2D eigenvalue weighted by Gasteiger charge is 2.27. The monoisotopic (exact) mass is 427 g/mol. The topological polar surface area (TPSA) is 59.2 Å². The fourth-order valence-electron chi connectivity index (χ4n) is 3.34. The summed E-state index contributed by atoms with van der Waals surface area (Å²) in [5, 5.41) is 5.38. The third-order valence-corrected chi connectivity index (χ3v) is 5.61. The van der Waals surface area contributed by atoms with E-state index in [4.69, 9.17) is 27.7 Å². The molecule has 0 atom stereocenters. The third kappa shape index (κ3) is 4.69. The summed E-state index contributed by atoms with van der Waals surface area (Å²) in [6.07, 6.45) is 4.90. The predicted molar refractivity (Wildman–Crippen MR) is 114 cm³/mol. The second kappa shape index (κ2) is 8.80. The minimum Gasteiger partial charge on any atom is -0.339 e. The third-order valence-electron chi connectivity index (χ3n) is 5.01. The summed E-state index contributed by atoms with van der Waals surface area (Å²) in [4.78, 5) is 18.8. The molecule has 1 aliphatic rings. The van der Waals surface area contributed by atoms with Gasteiger partial charge in [0.15, 0.2) is 0 Å². The Morgan fingerprint density at radius 1 is 1.07 bits per heavy atom. The number of carbonyl (C=O) groups excluding carboxylic acids is 1. The summed E-state index contributed by atoms with van der Waals surface area (Å²) in [5.74, 6) is 1.31. The molecule has 1 saturated heterocycles. The molecule has 0 radical (unpaired) electrons. The molecule has 1 aliphatic heterocycles. The lowest BCUT2D eigenvalue weighted by Crippen LogP contribution is -2.36. The first-order valence-electron chi connectivity index (χ1n) is 9.41. The predicted octanol–water partition coefficient (Wildman–Crippen LogP) is 5.46. The van der Waals surface area contributed by atoms with Gasteiger partial charge in [-0.05, 0) is 54.8 Å². The van der Waals surface area contributed by atoms with Crippen LogP contribution in [-0.4, -0.2) is 34.0 Å². The molecule has 148 valence electrons. The number of benzene rings is 2.